The van der Waals surface area contributed by atoms with Gasteiger partial charge in [0, 0.05) is 5.69 Å². The summed E-state index contributed by atoms with van der Waals surface area (Å²) in [5.41, 5.74) is 4.70. The Hall–Kier alpha value is -3.94. The highest BCUT2D eigenvalue weighted by atomic mass is 32.2. The molecule has 38 heavy (non-hydrogen) atoms. The fourth-order valence-corrected chi connectivity index (χ4v) is 6.13. The van der Waals surface area contributed by atoms with E-state index in [0.717, 1.165) is 16.7 Å². The Morgan fingerprint density at radius 1 is 0.789 bits per heavy atom. The Morgan fingerprint density at radius 3 is 1.92 bits per heavy atom. The van der Waals surface area contributed by atoms with Crippen molar-refractivity contribution < 1.29 is 17.9 Å². The van der Waals surface area contributed by atoms with Crippen molar-refractivity contribution in [3.63, 3.8) is 0 Å². The van der Waals surface area contributed by atoms with Crippen molar-refractivity contribution in [1.29, 1.82) is 0 Å². The predicted octanol–water partition coefficient (Wildman–Crippen LogP) is 5.72. The third kappa shape index (κ3) is 7.09. The van der Waals surface area contributed by atoms with E-state index >= 15 is 0 Å². The van der Waals surface area contributed by atoms with Gasteiger partial charge < -0.3 is 10.1 Å². The largest absolute Gasteiger partial charge is 0.489 e. The van der Waals surface area contributed by atoms with Gasteiger partial charge in [-0.2, -0.15) is 4.72 Å². The standard InChI is InChI=1S/C31H32N2O4S/c1-22-18-23(2)30(24(3)19-22)38(35,36)33-29(20-25-10-6-4-7-11-25)31(34)32-27-14-16-28(17-15-27)37-21-26-12-8-5-9-13-26/h4-19,29,33H,20-21H2,1-3H3,(H,32,34)/t29-/m1/s1. The second-order valence-electron chi connectivity index (χ2n) is 9.38. The highest BCUT2D eigenvalue weighted by molar-refractivity contribution is 7.89. The van der Waals surface area contributed by atoms with Gasteiger partial charge in [-0.15, -0.1) is 0 Å². The molecule has 1 amide bonds. The average Bonchev–Trinajstić information content (AvgIpc) is 2.88. The molecule has 0 unspecified atom stereocenters. The van der Waals surface area contributed by atoms with Crippen LogP contribution in [0.25, 0.3) is 0 Å². The van der Waals surface area contributed by atoms with Crippen LogP contribution in [0.2, 0.25) is 0 Å². The van der Waals surface area contributed by atoms with Crippen molar-refractivity contribution in [3.05, 3.63) is 125 Å². The summed E-state index contributed by atoms with van der Waals surface area (Å²) in [5.74, 6) is 0.219. The van der Waals surface area contributed by atoms with Crippen LogP contribution in [0.1, 0.15) is 27.8 Å². The molecule has 196 valence electrons. The van der Waals surface area contributed by atoms with Gasteiger partial charge in [-0.3, -0.25) is 4.79 Å². The van der Waals surface area contributed by atoms with E-state index in [2.05, 4.69) is 10.0 Å². The van der Waals surface area contributed by atoms with Crippen molar-refractivity contribution >= 4 is 21.6 Å². The van der Waals surface area contributed by atoms with E-state index in [4.69, 9.17) is 4.74 Å². The van der Waals surface area contributed by atoms with Crippen LogP contribution in [0.15, 0.2) is 102 Å². The van der Waals surface area contributed by atoms with E-state index in [0.29, 0.717) is 29.2 Å². The Bertz CT molecular complexity index is 1460. The zero-order valence-corrected chi connectivity index (χ0v) is 22.6. The number of hydrogen-bond donors (Lipinski definition) is 2. The number of benzene rings is 4. The highest BCUT2D eigenvalue weighted by Crippen LogP contribution is 2.23. The summed E-state index contributed by atoms with van der Waals surface area (Å²) in [6.45, 7) is 5.89. The van der Waals surface area contributed by atoms with Crippen LogP contribution in [0.5, 0.6) is 5.75 Å². The van der Waals surface area contributed by atoms with Gasteiger partial charge >= 0.3 is 0 Å². The van der Waals surface area contributed by atoms with Crippen molar-refractivity contribution in [1.82, 2.24) is 4.72 Å². The molecule has 0 heterocycles. The number of carbonyl (C=O) groups excluding carboxylic acids is 1. The van der Waals surface area contributed by atoms with Crippen LogP contribution in [0.4, 0.5) is 5.69 Å². The lowest BCUT2D eigenvalue weighted by Crippen LogP contribution is -2.45. The number of rotatable bonds is 10. The van der Waals surface area contributed by atoms with Gasteiger partial charge in [-0.1, -0.05) is 78.4 Å². The van der Waals surface area contributed by atoms with E-state index < -0.39 is 22.0 Å². The van der Waals surface area contributed by atoms with Crippen LogP contribution in [-0.4, -0.2) is 20.4 Å². The van der Waals surface area contributed by atoms with Crippen molar-refractivity contribution in [3.8, 4) is 5.75 Å². The number of amides is 1. The molecule has 0 saturated heterocycles. The lowest BCUT2D eigenvalue weighted by Gasteiger charge is -2.21. The third-order valence-electron chi connectivity index (χ3n) is 6.14. The number of ether oxygens (including phenoxy) is 1. The maximum atomic E-state index is 13.5. The number of hydrogen-bond acceptors (Lipinski definition) is 4. The summed E-state index contributed by atoms with van der Waals surface area (Å²) in [6.07, 6.45) is 0.203. The monoisotopic (exact) mass is 528 g/mol. The molecule has 2 N–H and O–H groups in total. The molecule has 4 rings (SSSR count). The Morgan fingerprint density at radius 2 is 1.34 bits per heavy atom. The highest BCUT2D eigenvalue weighted by Gasteiger charge is 2.28. The van der Waals surface area contributed by atoms with Gasteiger partial charge in [-0.05, 0) is 73.7 Å². The molecule has 1 atom stereocenters. The molecule has 6 nitrogen and oxygen atoms in total. The van der Waals surface area contributed by atoms with E-state index in [1.807, 2.05) is 79.7 Å². The van der Waals surface area contributed by atoms with Gasteiger partial charge in [0.05, 0.1) is 4.90 Å². The summed E-state index contributed by atoms with van der Waals surface area (Å²) in [6, 6.07) is 28.8. The normalized spacial score (nSPS) is 12.1. The maximum absolute atomic E-state index is 13.5. The molecule has 0 spiro atoms. The summed E-state index contributed by atoms with van der Waals surface area (Å²) in [7, 11) is -3.97. The first-order chi connectivity index (χ1) is 18.2. The number of aryl methyl sites for hydroxylation is 3. The van der Waals surface area contributed by atoms with Crippen LogP contribution in [0.3, 0.4) is 0 Å². The average molecular weight is 529 g/mol. The maximum Gasteiger partial charge on any atom is 0.242 e. The molecule has 0 aliphatic rings. The zero-order valence-electron chi connectivity index (χ0n) is 21.8. The SMILES string of the molecule is Cc1cc(C)c(S(=O)(=O)N[C@H](Cc2ccccc2)C(=O)Nc2ccc(OCc3ccccc3)cc2)c(C)c1. The van der Waals surface area contributed by atoms with E-state index in [1.165, 1.54) is 0 Å². The van der Waals surface area contributed by atoms with Crippen molar-refractivity contribution in [2.24, 2.45) is 0 Å². The van der Waals surface area contributed by atoms with E-state index in [-0.39, 0.29) is 11.3 Å². The number of carbonyl (C=O) groups is 1. The quantitative estimate of drug-likeness (QED) is 0.276. The second kappa shape index (κ2) is 12.1. The Labute approximate surface area is 224 Å². The summed E-state index contributed by atoms with van der Waals surface area (Å²) < 4.78 is 35.4. The first-order valence-electron chi connectivity index (χ1n) is 12.4. The zero-order chi connectivity index (χ0) is 27.1. The molecule has 0 radical (unpaired) electrons. The van der Waals surface area contributed by atoms with Crippen LogP contribution in [-0.2, 0) is 27.8 Å². The number of sulfonamides is 1. The van der Waals surface area contributed by atoms with E-state index in [1.54, 1.807) is 38.1 Å². The molecule has 0 bridgehead atoms. The first-order valence-corrected chi connectivity index (χ1v) is 13.9. The smallest absolute Gasteiger partial charge is 0.242 e. The minimum Gasteiger partial charge on any atom is -0.489 e. The molecule has 4 aromatic carbocycles. The van der Waals surface area contributed by atoms with Crippen LogP contribution >= 0.6 is 0 Å². The molecular formula is C31H32N2O4S. The molecule has 0 aliphatic carbocycles. The minimum atomic E-state index is -3.97. The Kier molecular flexibility index (Phi) is 8.61. The van der Waals surface area contributed by atoms with Crippen molar-refractivity contribution in [2.45, 2.75) is 44.7 Å². The molecule has 0 aromatic heterocycles. The Balaban J connectivity index is 1.51. The lowest BCUT2D eigenvalue weighted by atomic mass is 10.1. The third-order valence-corrected chi connectivity index (χ3v) is 7.92. The number of anilines is 1. The molecule has 7 heteroatoms. The second-order valence-corrected chi connectivity index (χ2v) is 11.0. The van der Waals surface area contributed by atoms with E-state index in [9.17, 15) is 13.2 Å². The lowest BCUT2D eigenvalue weighted by molar-refractivity contribution is -0.117. The topological polar surface area (TPSA) is 84.5 Å². The van der Waals surface area contributed by atoms with Gasteiger partial charge in [0.1, 0.15) is 18.4 Å². The van der Waals surface area contributed by atoms with Crippen LogP contribution < -0.4 is 14.8 Å². The predicted molar refractivity (Wildman–Crippen MR) is 151 cm³/mol. The molecular weight excluding hydrogens is 496 g/mol. The molecule has 0 fully saturated rings. The van der Waals surface area contributed by atoms with Crippen molar-refractivity contribution in [2.75, 3.05) is 5.32 Å². The fourth-order valence-electron chi connectivity index (χ4n) is 4.48. The van der Waals surface area contributed by atoms with Gasteiger partial charge in [-0.25, -0.2) is 8.42 Å². The molecule has 0 saturated carbocycles. The summed E-state index contributed by atoms with van der Waals surface area (Å²) in [5, 5.41) is 2.85. The first kappa shape index (κ1) is 27.1. The minimum absolute atomic E-state index is 0.203. The van der Waals surface area contributed by atoms with Gasteiger partial charge in [0.2, 0.25) is 15.9 Å². The van der Waals surface area contributed by atoms with Gasteiger partial charge in [0.15, 0.2) is 0 Å². The number of nitrogens with one attached hydrogen (secondary N) is 2. The fraction of sp³-hybridized carbons (Fsp3) is 0.194. The summed E-state index contributed by atoms with van der Waals surface area (Å²) in [4.78, 5) is 13.6. The summed E-state index contributed by atoms with van der Waals surface area (Å²) >= 11 is 0. The van der Waals surface area contributed by atoms with Crippen LogP contribution in [0, 0.1) is 20.8 Å². The van der Waals surface area contributed by atoms with Gasteiger partial charge in [0.25, 0.3) is 0 Å². The molecule has 0 aliphatic heterocycles. The molecule has 4 aromatic rings.